The number of rotatable bonds is 7. The minimum absolute atomic E-state index is 0.145. The van der Waals surface area contributed by atoms with Gasteiger partial charge >= 0.3 is 0 Å². The molecule has 18 heavy (non-hydrogen) atoms. The van der Waals surface area contributed by atoms with Crippen molar-refractivity contribution < 1.29 is 4.74 Å². The second-order valence-electron chi connectivity index (χ2n) is 6.98. The van der Waals surface area contributed by atoms with Crippen LogP contribution in [-0.4, -0.2) is 24.8 Å². The van der Waals surface area contributed by atoms with Gasteiger partial charge in [-0.25, -0.2) is 0 Å². The van der Waals surface area contributed by atoms with Crippen molar-refractivity contribution in [1.82, 2.24) is 5.32 Å². The Morgan fingerprint density at radius 1 is 1.17 bits per heavy atom. The molecule has 2 rings (SSSR count). The maximum atomic E-state index is 6.36. The summed E-state index contributed by atoms with van der Waals surface area (Å²) >= 11 is 0. The second-order valence-corrected chi connectivity index (χ2v) is 6.98. The zero-order chi connectivity index (χ0) is 13.0. The van der Waals surface area contributed by atoms with E-state index < -0.39 is 0 Å². The van der Waals surface area contributed by atoms with E-state index in [1.54, 1.807) is 0 Å². The topological polar surface area (TPSA) is 21.3 Å². The van der Waals surface area contributed by atoms with Gasteiger partial charge in [0, 0.05) is 19.2 Å². The van der Waals surface area contributed by atoms with Gasteiger partial charge in [0.05, 0.1) is 5.60 Å². The normalized spacial score (nSPS) is 33.0. The van der Waals surface area contributed by atoms with E-state index in [1.807, 2.05) is 0 Å². The van der Waals surface area contributed by atoms with Crippen LogP contribution in [-0.2, 0) is 4.74 Å². The van der Waals surface area contributed by atoms with Gasteiger partial charge in [0.2, 0.25) is 0 Å². The quantitative estimate of drug-likeness (QED) is 0.746. The standard InChI is InChI=1S/C16H31NO/c1-13(2)17-12-16(9-6-14(3)7-10-16)18-11-8-15-4-5-15/h13-15,17H,4-12H2,1-3H3. The Bertz CT molecular complexity index is 239. The van der Waals surface area contributed by atoms with Gasteiger partial charge in [-0.15, -0.1) is 0 Å². The summed E-state index contributed by atoms with van der Waals surface area (Å²) in [6.45, 7) is 8.86. The van der Waals surface area contributed by atoms with Crippen molar-refractivity contribution in [2.75, 3.05) is 13.2 Å². The minimum atomic E-state index is 0.145. The van der Waals surface area contributed by atoms with E-state index in [0.29, 0.717) is 6.04 Å². The van der Waals surface area contributed by atoms with Crippen molar-refractivity contribution >= 4 is 0 Å². The van der Waals surface area contributed by atoms with E-state index in [9.17, 15) is 0 Å². The average Bonchev–Trinajstić information content (AvgIpc) is 3.14. The van der Waals surface area contributed by atoms with E-state index in [1.165, 1.54) is 44.9 Å². The molecule has 0 bridgehead atoms. The van der Waals surface area contributed by atoms with Gasteiger partial charge in [-0.05, 0) is 43.9 Å². The lowest BCUT2D eigenvalue weighted by Crippen LogP contribution is -2.47. The highest BCUT2D eigenvalue weighted by Gasteiger charge is 2.35. The zero-order valence-corrected chi connectivity index (χ0v) is 12.5. The van der Waals surface area contributed by atoms with E-state index in [2.05, 4.69) is 26.1 Å². The molecule has 2 nitrogen and oxygen atoms in total. The van der Waals surface area contributed by atoms with Gasteiger partial charge < -0.3 is 10.1 Å². The Balaban J connectivity index is 1.79. The first-order chi connectivity index (χ1) is 8.60. The van der Waals surface area contributed by atoms with Crippen LogP contribution in [0.15, 0.2) is 0 Å². The molecule has 0 spiro atoms. The molecule has 0 aliphatic heterocycles. The number of ether oxygens (including phenoxy) is 1. The molecule has 1 N–H and O–H groups in total. The first kappa shape index (κ1) is 14.3. The van der Waals surface area contributed by atoms with Gasteiger partial charge in [0.15, 0.2) is 0 Å². The van der Waals surface area contributed by atoms with Crippen molar-refractivity contribution in [3.05, 3.63) is 0 Å². The van der Waals surface area contributed by atoms with E-state index in [0.717, 1.165) is 25.0 Å². The monoisotopic (exact) mass is 253 g/mol. The summed E-state index contributed by atoms with van der Waals surface area (Å²) in [6, 6.07) is 0.563. The second kappa shape index (κ2) is 6.38. The van der Waals surface area contributed by atoms with Gasteiger partial charge in [0.1, 0.15) is 0 Å². The Kier molecular flexibility index (Phi) is 5.08. The van der Waals surface area contributed by atoms with Crippen LogP contribution < -0.4 is 5.32 Å². The van der Waals surface area contributed by atoms with E-state index in [-0.39, 0.29) is 5.60 Å². The largest absolute Gasteiger partial charge is 0.374 e. The highest BCUT2D eigenvalue weighted by atomic mass is 16.5. The molecule has 2 aliphatic carbocycles. The maximum absolute atomic E-state index is 6.36. The average molecular weight is 253 g/mol. The zero-order valence-electron chi connectivity index (χ0n) is 12.5. The molecule has 0 radical (unpaired) electrons. The highest BCUT2D eigenvalue weighted by molar-refractivity contribution is 4.89. The molecule has 0 aromatic rings. The van der Waals surface area contributed by atoms with Crippen LogP contribution in [0.25, 0.3) is 0 Å². The van der Waals surface area contributed by atoms with Crippen molar-refractivity contribution in [3.63, 3.8) is 0 Å². The van der Waals surface area contributed by atoms with Crippen LogP contribution in [0.5, 0.6) is 0 Å². The number of nitrogens with one attached hydrogen (secondary N) is 1. The Morgan fingerprint density at radius 2 is 1.83 bits per heavy atom. The smallest absolute Gasteiger partial charge is 0.0806 e. The van der Waals surface area contributed by atoms with Crippen LogP contribution in [0.4, 0.5) is 0 Å². The van der Waals surface area contributed by atoms with Crippen LogP contribution in [0.1, 0.15) is 65.7 Å². The molecule has 0 aromatic carbocycles. The summed E-state index contributed by atoms with van der Waals surface area (Å²) in [4.78, 5) is 0. The third kappa shape index (κ3) is 4.55. The molecule has 2 heteroatoms. The van der Waals surface area contributed by atoms with Crippen LogP contribution in [0.3, 0.4) is 0 Å². The fourth-order valence-electron chi connectivity index (χ4n) is 2.90. The summed E-state index contributed by atoms with van der Waals surface area (Å²) in [5.41, 5.74) is 0.145. The first-order valence-electron chi connectivity index (χ1n) is 7.97. The fourth-order valence-corrected chi connectivity index (χ4v) is 2.90. The highest BCUT2D eigenvalue weighted by Crippen LogP contribution is 2.37. The van der Waals surface area contributed by atoms with Gasteiger partial charge in [-0.3, -0.25) is 0 Å². The minimum Gasteiger partial charge on any atom is -0.374 e. The predicted molar refractivity (Wildman–Crippen MR) is 76.8 cm³/mol. The summed E-state index contributed by atoms with van der Waals surface area (Å²) in [6.07, 6.45) is 9.35. The fraction of sp³-hybridized carbons (Fsp3) is 1.00. The molecular weight excluding hydrogens is 222 g/mol. The van der Waals surface area contributed by atoms with Gasteiger partial charge in [-0.1, -0.05) is 33.6 Å². The van der Waals surface area contributed by atoms with Crippen molar-refractivity contribution in [3.8, 4) is 0 Å². The molecule has 0 unspecified atom stereocenters. The van der Waals surface area contributed by atoms with Crippen molar-refractivity contribution in [1.29, 1.82) is 0 Å². The summed E-state index contributed by atoms with van der Waals surface area (Å²) < 4.78 is 6.36. The lowest BCUT2D eigenvalue weighted by Gasteiger charge is -2.40. The molecular formula is C16H31NO. The molecule has 0 heterocycles. The number of hydrogen-bond acceptors (Lipinski definition) is 2. The molecule has 0 amide bonds. The Morgan fingerprint density at radius 3 is 2.39 bits per heavy atom. The SMILES string of the molecule is CC1CCC(CNC(C)C)(OCCC2CC2)CC1. The van der Waals surface area contributed by atoms with Crippen LogP contribution in [0, 0.1) is 11.8 Å². The predicted octanol–water partition coefficient (Wildman–Crippen LogP) is 3.75. The number of hydrogen-bond donors (Lipinski definition) is 1. The lowest BCUT2D eigenvalue weighted by molar-refractivity contribution is -0.0778. The Labute approximate surface area is 113 Å². The summed E-state index contributed by atoms with van der Waals surface area (Å²) in [5, 5.41) is 3.60. The molecule has 0 aromatic heterocycles. The van der Waals surface area contributed by atoms with Gasteiger partial charge in [-0.2, -0.15) is 0 Å². The maximum Gasteiger partial charge on any atom is 0.0806 e. The van der Waals surface area contributed by atoms with Crippen LogP contribution in [0.2, 0.25) is 0 Å². The summed E-state index contributed by atoms with van der Waals surface area (Å²) in [7, 11) is 0. The van der Waals surface area contributed by atoms with Crippen LogP contribution >= 0.6 is 0 Å². The van der Waals surface area contributed by atoms with E-state index >= 15 is 0 Å². The first-order valence-corrected chi connectivity index (χ1v) is 7.97. The van der Waals surface area contributed by atoms with Crippen molar-refractivity contribution in [2.24, 2.45) is 11.8 Å². The third-order valence-electron chi connectivity index (χ3n) is 4.65. The third-order valence-corrected chi connectivity index (χ3v) is 4.65. The molecule has 2 aliphatic rings. The van der Waals surface area contributed by atoms with E-state index in [4.69, 9.17) is 4.74 Å². The Hall–Kier alpha value is -0.0800. The molecule has 2 saturated carbocycles. The molecule has 0 saturated heterocycles. The summed E-state index contributed by atoms with van der Waals surface area (Å²) in [5.74, 6) is 1.88. The van der Waals surface area contributed by atoms with Crippen molar-refractivity contribution in [2.45, 2.75) is 77.4 Å². The molecule has 2 fully saturated rings. The molecule has 106 valence electrons. The molecule has 0 atom stereocenters. The lowest BCUT2D eigenvalue weighted by atomic mass is 9.79. The van der Waals surface area contributed by atoms with Gasteiger partial charge in [0.25, 0.3) is 0 Å².